The zero-order valence-corrected chi connectivity index (χ0v) is 18.0. The Balaban J connectivity index is 1.35. The summed E-state index contributed by atoms with van der Waals surface area (Å²) < 4.78 is 5.15. The number of piperidine rings is 1. The van der Waals surface area contributed by atoms with E-state index in [0.29, 0.717) is 16.6 Å². The lowest BCUT2D eigenvalue weighted by molar-refractivity contribution is -0.125. The van der Waals surface area contributed by atoms with Crippen molar-refractivity contribution in [1.29, 1.82) is 0 Å². The van der Waals surface area contributed by atoms with Crippen LogP contribution in [-0.4, -0.2) is 44.2 Å². The van der Waals surface area contributed by atoms with E-state index < -0.39 is 0 Å². The van der Waals surface area contributed by atoms with Crippen molar-refractivity contribution in [1.82, 2.24) is 15.6 Å². The molecule has 0 bridgehead atoms. The molecule has 29 heavy (non-hydrogen) atoms. The van der Waals surface area contributed by atoms with Gasteiger partial charge in [0.05, 0.1) is 22.8 Å². The number of benzene rings is 1. The molecule has 3 rings (SSSR count). The quantitative estimate of drug-likeness (QED) is 0.619. The van der Waals surface area contributed by atoms with Gasteiger partial charge in [-0.25, -0.2) is 0 Å². The van der Waals surface area contributed by atoms with Gasteiger partial charge in [0.2, 0.25) is 5.91 Å². The first-order valence-corrected chi connectivity index (χ1v) is 10.5. The van der Waals surface area contributed by atoms with Gasteiger partial charge in [0.25, 0.3) is 0 Å². The van der Waals surface area contributed by atoms with Crippen LogP contribution in [0.4, 0.5) is 5.69 Å². The van der Waals surface area contributed by atoms with Gasteiger partial charge in [-0.2, -0.15) is 0 Å². The van der Waals surface area contributed by atoms with Gasteiger partial charge in [-0.1, -0.05) is 35.3 Å². The topological polar surface area (TPSA) is 66.5 Å². The summed E-state index contributed by atoms with van der Waals surface area (Å²) in [6, 6.07) is 7.94. The molecule has 0 spiro atoms. The molecule has 0 saturated carbocycles. The van der Waals surface area contributed by atoms with E-state index in [1.54, 1.807) is 19.5 Å². The lowest BCUT2D eigenvalue weighted by Crippen LogP contribution is -2.42. The molecule has 1 aliphatic rings. The van der Waals surface area contributed by atoms with Crippen LogP contribution in [0, 0.1) is 5.92 Å². The predicted octanol–water partition coefficient (Wildman–Crippen LogP) is 3.52. The highest BCUT2D eigenvalue weighted by Gasteiger charge is 2.26. The fourth-order valence-electron chi connectivity index (χ4n) is 3.47. The molecule has 1 amide bonds. The van der Waals surface area contributed by atoms with E-state index in [-0.39, 0.29) is 11.8 Å². The summed E-state index contributed by atoms with van der Waals surface area (Å²) in [7, 11) is 1.66. The molecule has 1 aromatic heterocycles. The van der Waals surface area contributed by atoms with Crippen LogP contribution in [0.25, 0.3) is 0 Å². The normalized spacial score (nSPS) is 14.7. The smallest absolute Gasteiger partial charge is 0.223 e. The maximum atomic E-state index is 12.4. The van der Waals surface area contributed by atoms with Gasteiger partial charge in [-0.3, -0.25) is 9.78 Å². The highest BCUT2D eigenvalue weighted by Crippen LogP contribution is 2.35. The van der Waals surface area contributed by atoms with Crippen LogP contribution in [0.3, 0.4) is 0 Å². The number of aromatic nitrogens is 1. The molecule has 0 unspecified atom stereocenters. The van der Waals surface area contributed by atoms with Gasteiger partial charge in [0.15, 0.2) is 0 Å². The third-order valence-electron chi connectivity index (χ3n) is 5.10. The molecule has 0 aliphatic carbocycles. The molecule has 0 atom stereocenters. The van der Waals surface area contributed by atoms with E-state index in [1.807, 2.05) is 24.3 Å². The van der Waals surface area contributed by atoms with E-state index in [9.17, 15) is 4.79 Å². The SMILES string of the molecule is COc1ccc(CNCCNC(=O)C2CCN(c3c(Cl)cncc3Cl)CC2)cc1. The number of halogens is 2. The van der Waals surface area contributed by atoms with E-state index in [1.165, 1.54) is 5.56 Å². The monoisotopic (exact) mass is 436 g/mol. The van der Waals surface area contributed by atoms with Crippen molar-refractivity contribution in [3.8, 4) is 5.75 Å². The van der Waals surface area contributed by atoms with E-state index in [0.717, 1.165) is 50.5 Å². The molecule has 2 heterocycles. The Bertz CT molecular complexity index is 789. The van der Waals surface area contributed by atoms with Gasteiger partial charge in [-0.15, -0.1) is 0 Å². The first-order chi connectivity index (χ1) is 14.1. The van der Waals surface area contributed by atoms with Crippen LogP contribution >= 0.6 is 23.2 Å². The average Bonchev–Trinajstić information content (AvgIpc) is 2.74. The van der Waals surface area contributed by atoms with Gasteiger partial charge in [-0.05, 0) is 30.5 Å². The lowest BCUT2D eigenvalue weighted by atomic mass is 9.95. The van der Waals surface area contributed by atoms with E-state index >= 15 is 0 Å². The minimum atomic E-state index is 0.0206. The molecule has 156 valence electrons. The number of carbonyl (C=O) groups is 1. The first kappa shape index (κ1) is 21.7. The summed E-state index contributed by atoms with van der Waals surface area (Å²) in [4.78, 5) is 18.6. The molecule has 1 aliphatic heterocycles. The second-order valence-electron chi connectivity index (χ2n) is 7.03. The molecule has 8 heteroatoms. The molecular formula is C21H26Cl2N4O2. The number of carbonyl (C=O) groups excluding carboxylic acids is 1. The number of ether oxygens (including phenoxy) is 1. The molecule has 2 N–H and O–H groups in total. The highest BCUT2D eigenvalue weighted by molar-refractivity contribution is 6.38. The van der Waals surface area contributed by atoms with Crippen molar-refractivity contribution in [3.05, 3.63) is 52.3 Å². The standard InChI is InChI=1S/C21H26Cl2N4O2/c1-29-17-4-2-15(3-5-17)12-24-8-9-26-21(28)16-6-10-27(11-7-16)20-18(22)13-25-14-19(20)23/h2-5,13-14,16,24H,6-12H2,1H3,(H,26,28). The second-order valence-corrected chi connectivity index (χ2v) is 7.84. The Labute approximate surface area is 181 Å². The van der Waals surface area contributed by atoms with Crippen molar-refractivity contribution < 1.29 is 9.53 Å². The van der Waals surface area contributed by atoms with Crippen LogP contribution in [0.1, 0.15) is 18.4 Å². The summed E-state index contributed by atoms with van der Waals surface area (Å²) in [6.45, 7) is 3.58. The van der Waals surface area contributed by atoms with Crippen molar-refractivity contribution in [3.63, 3.8) is 0 Å². The average molecular weight is 437 g/mol. The van der Waals surface area contributed by atoms with Crippen LogP contribution in [-0.2, 0) is 11.3 Å². The number of hydrogen-bond donors (Lipinski definition) is 2. The Morgan fingerprint density at radius 3 is 2.41 bits per heavy atom. The van der Waals surface area contributed by atoms with Crippen molar-refractivity contribution in [2.45, 2.75) is 19.4 Å². The van der Waals surface area contributed by atoms with Crippen molar-refractivity contribution >= 4 is 34.8 Å². The minimum Gasteiger partial charge on any atom is -0.497 e. The van der Waals surface area contributed by atoms with Gasteiger partial charge in [0, 0.05) is 51.0 Å². The number of nitrogens with zero attached hydrogens (tertiary/aromatic N) is 2. The number of pyridine rings is 1. The van der Waals surface area contributed by atoms with Crippen LogP contribution < -0.4 is 20.3 Å². The second kappa shape index (κ2) is 10.7. The maximum absolute atomic E-state index is 12.4. The lowest BCUT2D eigenvalue weighted by Gasteiger charge is -2.33. The van der Waals surface area contributed by atoms with Crippen LogP contribution in [0.2, 0.25) is 10.0 Å². The maximum Gasteiger partial charge on any atom is 0.223 e. The number of methoxy groups -OCH3 is 1. The Hall–Kier alpha value is -2.02. The third-order valence-corrected chi connectivity index (χ3v) is 5.65. The van der Waals surface area contributed by atoms with Crippen LogP contribution in [0.15, 0.2) is 36.7 Å². The van der Waals surface area contributed by atoms with Crippen molar-refractivity contribution in [2.24, 2.45) is 5.92 Å². The van der Waals surface area contributed by atoms with E-state index in [4.69, 9.17) is 27.9 Å². The Morgan fingerprint density at radius 2 is 1.79 bits per heavy atom. The number of nitrogens with one attached hydrogen (secondary N) is 2. The zero-order chi connectivity index (χ0) is 20.6. The van der Waals surface area contributed by atoms with E-state index in [2.05, 4.69) is 20.5 Å². The molecule has 2 aromatic rings. The van der Waals surface area contributed by atoms with Gasteiger partial charge >= 0.3 is 0 Å². The highest BCUT2D eigenvalue weighted by atomic mass is 35.5. The van der Waals surface area contributed by atoms with Crippen LogP contribution in [0.5, 0.6) is 5.75 Å². The summed E-state index contributed by atoms with van der Waals surface area (Å²) in [5, 5.41) is 7.46. The van der Waals surface area contributed by atoms with Gasteiger partial charge in [0.1, 0.15) is 5.75 Å². The summed E-state index contributed by atoms with van der Waals surface area (Å²) >= 11 is 12.5. The Kier molecular flexibility index (Phi) is 7.98. The third kappa shape index (κ3) is 5.98. The molecule has 1 saturated heterocycles. The molecule has 6 nitrogen and oxygen atoms in total. The zero-order valence-electron chi connectivity index (χ0n) is 16.5. The van der Waals surface area contributed by atoms with Crippen molar-refractivity contribution in [2.75, 3.05) is 38.2 Å². The molecule has 1 aromatic carbocycles. The first-order valence-electron chi connectivity index (χ1n) is 9.74. The fraction of sp³-hybridized carbons (Fsp3) is 0.429. The summed E-state index contributed by atoms with van der Waals surface area (Å²) in [5.41, 5.74) is 1.99. The number of hydrogen-bond acceptors (Lipinski definition) is 5. The predicted molar refractivity (Wildman–Crippen MR) is 117 cm³/mol. The molecular weight excluding hydrogens is 411 g/mol. The fourth-order valence-corrected chi connectivity index (χ4v) is 4.07. The molecule has 0 radical (unpaired) electrons. The largest absolute Gasteiger partial charge is 0.497 e. The number of anilines is 1. The van der Waals surface area contributed by atoms with Gasteiger partial charge < -0.3 is 20.3 Å². The Morgan fingerprint density at radius 1 is 1.14 bits per heavy atom. The number of rotatable bonds is 8. The number of amides is 1. The minimum absolute atomic E-state index is 0.0206. The summed E-state index contributed by atoms with van der Waals surface area (Å²) in [5.74, 6) is 0.982. The summed E-state index contributed by atoms with van der Waals surface area (Å²) in [6.07, 6.45) is 4.75. The molecule has 1 fully saturated rings.